The van der Waals surface area contributed by atoms with E-state index >= 15 is 0 Å². The quantitative estimate of drug-likeness (QED) is 0.0320. The monoisotopic (exact) mass is 1410 g/mol. The van der Waals surface area contributed by atoms with Gasteiger partial charge in [0.1, 0.15) is 71.8 Å². The second-order valence-corrected chi connectivity index (χ2v) is 16.3. The van der Waals surface area contributed by atoms with Gasteiger partial charge in [-0.25, -0.2) is 9.59 Å². The van der Waals surface area contributed by atoms with Crippen molar-refractivity contribution in [3.05, 3.63) is 115 Å². The molecule has 3 amide bonds. The molecular weight excluding hydrogens is 1360 g/mol. The van der Waals surface area contributed by atoms with Crippen LogP contribution in [-0.4, -0.2) is 163 Å². The Morgan fingerprint density at radius 1 is 0.389 bits per heavy atom. The first-order chi connectivity index (χ1) is 42.5. The zero-order valence-electron chi connectivity index (χ0n) is 48.7. The molecule has 4 aromatic rings. The van der Waals surface area contributed by atoms with Crippen LogP contribution in [0.1, 0.15) is 66.8 Å². The third kappa shape index (κ3) is 33.6. The molecular formula is C52H52B9IrN3O25. The molecule has 4 rings (SSSR count). The summed E-state index contributed by atoms with van der Waals surface area (Å²) < 4.78 is 59.6. The van der Waals surface area contributed by atoms with E-state index in [9.17, 15) is 57.8 Å². The van der Waals surface area contributed by atoms with Crippen LogP contribution in [-0.2, 0) is 175 Å². The summed E-state index contributed by atoms with van der Waals surface area (Å²) >= 11 is 0. The first-order valence-electron chi connectivity index (χ1n) is 24.8. The van der Waals surface area contributed by atoms with Crippen molar-refractivity contribution < 1.29 is 140 Å². The molecule has 461 valence electrons. The van der Waals surface area contributed by atoms with Gasteiger partial charge in [-0.3, -0.25) is 53.8 Å². The summed E-state index contributed by atoms with van der Waals surface area (Å²) in [5, 5.41) is 18.6. The van der Waals surface area contributed by atoms with Crippen LogP contribution in [0.15, 0.2) is 48.5 Å². The maximum atomic E-state index is 13.2. The van der Waals surface area contributed by atoms with Crippen LogP contribution in [0.25, 0.3) is 0 Å². The van der Waals surface area contributed by atoms with E-state index in [1.165, 1.54) is 64.3 Å². The number of hydrogen-bond acceptors (Lipinski definition) is 25. The van der Waals surface area contributed by atoms with Crippen molar-refractivity contribution in [2.75, 3.05) is 30.2 Å². The molecule has 4 aromatic carbocycles. The van der Waals surface area contributed by atoms with Crippen LogP contribution < -0.4 is 16.0 Å². The predicted octanol–water partition coefficient (Wildman–Crippen LogP) is 4.36. The Labute approximate surface area is 541 Å². The van der Waals surface area contributed by atoms with Crippen LogP contribution in [0.2, 0.25) is 13.6 Å². The molecule has 28 nitrogen and oxygen atoms in total. The number of hydrogen-bond donors (Lipinski definition) is 4. The fourth-order valence-electron chi connectivity index (χ4n) is 7.20. The van der Waals surface area contributed by atoms with Crippen molar-refractivity contribution >= 4 is 161 Å². The maximum absolute atomic E-state index is 13.2. The number of carbonyl (C=O) groups excluding carboxylic acids is 12. The average molecular weight is 1410 g/mol. The first-order valence-corrected chi connectivity index (χ1v) is 24.8. The third-order valence-corrected chi connectivity index (χ3v) is 10.3. The van der Waals surface area contributed by atoms with Gasteiger partial charge in [-0.1, -0.05) is 13.6 Å². The number of methoxy groups -OCH3 is 2. The molecule has 38 heteroatoms. The van der Waals surface area contributed by atoms with Crippen LogP contribution in [0.3, 0.4) is 0 Å². The van der Waals surface area contributed by atoms with E-state index in [4.69, 9.17) is 109 Å². The Morgan fingerprint density at radius 2 is 0.622 bits per heavy atom. The fraction of sp³-hybridized carbons (Fsp3) is 0.308. The van der Waals surface area contributed by atoms with Gasteiger partial charge in [-0.15, -0.1) is 0 Å². The van der Waals surface area contributed by atoms with Gasteiger partial charge in [0, 0.05) is 78.8 Å². The Kier molecular flexibility index (Phi) is 44.7. The average Bonchev–Trinajstić information content (AvgIpc) is 3.61. The van der Waals surface area contributed by atoms with E-state index in [0.29, 0.717) is 39.9 Å². The molecule has 4 N–H and O–H groups in total. The molecule has 0 aromatic heterocycles. The molecule has 0 aliphatic carbocycles. The number of phenols is 1. The summed E-state index contributed by atoms with van der Waals surface area (Å²) in [5.74, 6) is -6.85. The minimum absolute atomic E-state index is 0. The van der Waals surface area contributed by atoms with Gasteiger partial charge < -0.3 is 72.1 Å². The first kappa shape index (κ1) is 83.3. The second-order valence-electron chi connectivity index (χ2n) is 16.3. The van der Waals surface area contributed by atoms with Crippen LogP contribution in [0, 0.1) is 0 Å². The number of anilines is 3. The van der Waals surface area contributed by atoms with E-state index in [1.807, 2.05) is 0 Å². The van der Waals surface area contributed by atoms with Gasteiger partial charge >= 0.3 is 12.2 Å². The van der Waals surface area contributed by atoms with E-state index in [2.05, 4.69) is 39.5 Å². The number of ether oxygens (including phenoxy) is 12. The van der Waals surface area contributed by atoms with Crippen LogP contribution >= 0.6 is 0 Å². The summed E-state index contributed by atoms with van der Waals surface area (Å²) in [6.45, 7) is -0.376. The molecule has 90 heavy (non-hydrogen) atoms. The molecule has 19 radical (unpaired) electrons. The van der Waals surface area contributed by atoms with Gasteiger partial charge in [-0.2, -0.15) is 0 Å². The molecule has 0 atom stereocenters. The van der Waals surface area contributed by atoms with Gasteiger partial charge in [0.15, 0.2) is 7.85 Å². The molecule has 0 aliphatic rings. The predicted molar refractivity (Wildman–Crippen MR) is 319 cm³/mol. The summed E-state index contributed by atoms with van der Waals surface area (Å²) in [7, 11) is 46.3. The van der Waals surface area contributed by atoms with E-state index in [-0.39, 0.29) is 124 Å². The number of benzene rings is 4. The Morgan fingerprint density at radius 3 is 0.878 bits per heavy atom. The molecule has 0 spiro atoms. The Bertz CT molecular complexity index is 2860. The minimum Gasteiger partial charge on any atom is -0.507 e. The molecule has 0 saturated carbocycles. The summed E-state index contributed by atoms with van der Waals surface area (Å²) in [6.07, 6.45) is -1.50. The molecule has 0 fully saturated rings. The SMILES string of the molecule is [B]C.[B]C.[B]C(=O)OCc1cc(COC)cc(COC([B])=O)c1NC=O.[B]C(=O)OCc1cc(COC=O)c(NC(=O)OCc2cc(COC)cc(COC(=O)Nc3c(COC=O)cc(COC([B])=O)cc3COC([B])=O)c2O)c(COC([B])=O)c1.[B]C=O.[Ir]. The van der Waals surface area contributed by atoms with Crippen molar-refractivity contribution in [1.29, 1.82) is 0 Å². The zero-order valence-corrected chi connectivity index (χ0v) is 51.1. The summed E-state index contributed by atoms with van der Waals surface area (Å²) in [5.41, 5.74) is 3.64. The Hall–Kier alpha value is -8.73. The molecule has 0 saturated heterocycles. The fourth-order valence-corrected chi connectivity index (χ4v) is 7.20. The van der Waals surface area contributed by atoms with Crippen molar-refractivity contribution in [3.8, 4) is 5.75 Å². The van der Waals surface area contributed by atoms with Crippen LogP contribution in [0.4, 0.5) is 55.4 Å². The largest absolute Gasteiger partial charge is 0.507 e. The van der Waals surface area contributed by atoms with Crippen molar-refractivity contribution in [3.63, 3.8) is 0 Å². The van der Waals surface area contributed by atoms with Gasteiger partial charge in [-0.05, 0) is 70.8 Å². The van der Waals surface area contributed by atoms with E-state index in [0.717, 1.165) is 5.56 Å². The normalized spacial score (nSPS) is 9.51. The van der Waals surface area contributed by atoms with E-state index < -0.39 is 92.8 Å². The summed E-state index contributed by atoms with van der Waals surface area (Å²) in [4.78, 5) is 134. The summed E-state index contributed by atoms with van der Waals surface area (Å²) in [6, 6.07) is 11.8. The number of phenolic OH excluding ortho intramolecular Hbond substituents is 1. The molecule has 0 aliphatic heterocycles. The Balaban J connectivity index is 0. The van der Waals surface area contributed by atoms with Gasteiger partial charge in [0.05, 0.1) is 52.2 Å². The zero-order chi connectivity index (χ0) is 67.4. The molecule has 0 bridgehead atoms. The second kappa shape index (κ2) is 48.2. The minimum atomic E-state index is -1.16. The van der Waals surface area contributed by atoms with Gasteiger partial charge in [0.25, 0.3) is 12.9 Å². The van der Waals surface area contributed by atoms with E-state index in [1.54, 1.807) is 12.1 Å². The number of aromatic hydroxyl groups is 1. The van der Waals surface area contributed by atoms with Gasteiger partial charge in [0.2, 0.25) is 88.7 Å². The molecule has 0 heterocycles. The number of rotatable bonds is 30. The van der Waals surface area contributed by atoms with Crippen LogP contribution in [0.5, 0.6) is 5.75 Å². The third-order valence-electron chi connectivity index (χ3n) is 10.3. The standard InChI is InChI=1S/C36H32B4N2O18.C13H13B2NO6.CHBO.2CH3B.Ir/c1-52-8-19-6-26(15-59-35(50)41-28-22(11-53-17-43)2-20(9-55-31(37)46)4-24(28)13-57-33(39)48)30(45)27(7-19)16-60-36(51)42-29-23(12-54-18-44)3-21(10-56-32(38)47)5-25(29)14-58-34(40)49;1-20-4-8-2-9(5-21-12(14)18)11(16-7-17)10(3-8)6-22-13(15)19;2-1-3;2*1-2;/h2-7,17-18,45H,8-16H2,1H3,(H,41,50)(H,42,51);2-3,7H,4-6H2,1H3,(H,16,17);1H;2*1H3;. The number of carbonyl (C=O) groups is 12. The van der Waals surface area contributed by atoms with Crippen molar-refractivity contribution in [2.24, 2.45) is 0 Å². The van der Waals surface area contributed by atoms with Crippen molar-refractivity contribution in [1.82, 2.24) is 0 Å². The number of amides is 3. The molecule has 0 unspecified atom stereocenters. The van der Waals surface area contributed by atoms with Crippen molar-refractivity contribution in [2.45, 2.75) is 92.9 Å². The number of nitrogens with one attached hydrogen (secondary N) is 3. The maximum Gasteiger partial charge on any atom is 0.411 e. The topological polar surface area (TPSA) is 372 Å². The smallest absolute Gasteiger partial charge is 0.411 e.